The van der Waals surface area contributed by atoms with Gasteiger partial charge < -0.3 is 0 Å². The number of aromatic nitrogens is 3. The van der Waals surface area contributed by atoms with Crippen LogP contribution in [-0.4, -0.2) is 39.7 Å². The molecule has 0 radical (unpaired) electrons. The number of aromatic amines is 1. The average molecular weight is 400 g/mol. The van der Waals surface area contributed by atoms with Gasteiger partial charge in [0.25, 0.3) is 0 Å². The van der Waals surface area contributed by atoms with Crippen molar-refractivity contribution in [1.29, 1.82) is 0 Å². The first-order valence-corrected chi connectivity index (χ1v) is 9.70. The second-order valence-corrected chi connectivity index (χ2v) is 8.58. The van der Waals surface area contributed by atoms with E-state index in [1.807, 2.05) is 0 Å². The Morgan fingerprint density at radius 3 is 2.48 bits per heavy atom. The number of carbonyl (C=O) groups excluding carboxylic acids is 1. The van der Waals surface area contributed by atoms with Crippen LogP contribution in [0.5, 0.6) is 0 Å². The van der Waals surface area contributed by atoms with Gasteiger partial charge in [-0.3, -0.25) is 14.9 Å². The van der Waals surface area contributed by atoms with Crippen LogP contribution in [0.25, 0.3) is 0 Å². The Labute approximate surface area is 152 Å². The standard InChI is InChI=1S/C16H15F3N4O3S/c1-8-15(24)13-11(7-21-22-13)14(9-2-3-9)23(8)27(25,26)10-4-5-12(20-6-10)16(17,18)19/h4-9,14H,2-3H2,1H3,(H,21,22)/t8-,14+/m0/s1. The number of sulfonamides is 1. The van der Waals surface area contributed by atoms with Crippen molar-refractivity contribution < 1.29 is 26.4 Å². The molecule has 0 aromatic carbocycles. The third kappa shape index (κ3) is 2.85. The highest BCUT2D eigenvalue weighted by Gasteiger charge is 2.51. The third-order valence-electron chi connectivity index (χ3n) is 4.94. The average Bonchev–Trinajstić information content (AvgIpc) is 3.33. The van der Waals surface area contributed by atoms with E-state index >= 15 is 0 Å². The van der Waals surface area contributed by atoms with Gasteiger partial charge in [-0.25, -0.2) is 8.42 Å². The number of fused-ring (bicyclic) bond motifs is 1. The van der Waals surface area contributed by atoms with E-state index in [0.717, 1.165) is 23.2 Å². The topological polar surface area (TPSA) is 96.0 Å². The van der Waals surface area contributed by atoms with Gasteiger partial charge in [-0.15, -0.1) is 0 Å². The van der Waals surface area contributed by atoms with Crippen molar-refractivity contribution in [3.8, 4) is 0 Å². The van der Waals surface area contributed by atoms with Crippen molar-refractivity contribution in [1.82, 2.24) is 19.5 Å². The maximum atomic E-state index is 13.2. The lowest BCUT2D eigenvalue weighted by molar-refractivity contribution is -0.141. The smallest absolute Gasteiger partial charge is 0.291 e. The number of H-pyrrole nitrogens is 1. The molecule has 1 fully saturated rings. The van der Waals surface area contributed by atoms with Crippen molar-refractivity contribution in [2.45, 2.75) is 42.9 Å². The zero-order chi connectivity index (χ0) is 19.6. The largest absolute Gasteiger partial charge is 0.433 e. The molecule has 0 bridgehead atoms. The third-order valence-corrected chi connectivity index (χ3v) is 6.88. The Kier molecular flexibility index (Phi) is 3.93. The van der Waals surface area contributed by atoms with Gasteiger partial charge in [0, 0.05) is 11.8 Å². The molecular weight excluding hydrogens is 385 g/mol. The molecule has 3 heterocycles. The summed E-state index contributed by atoms with van der Waals surface area (Å²) in [4.78, 5) is 15.5. The number of carbonyl (C=O) groups is 1. The number of nitrogens with zero attached hydrogens (tertiary/aromatic N) is 3. The molecule has 4 rings (SSSR count). The first-order valence-electron chi connectivity index (χ1n) is 8.26. The van der Waals surface area contributed by atoms with Crippen molar-refractivity contribution in [3.63, 3.8) is 0 Å². The van der Waals surface area contributed by atoms with E-state index in [1.54, 1.807) is 0 Å². The number of ketones is 1. The molecular formula is C16H15F3N4O3S. The van der Waals surface area contributed by atoms with E-state index in [0.29, 0.717) is 17.8 Å². The zero-order valence-corrected chi connectivity index (χ0v) is 14.9. The van der Waals surface area contributed by atoms with Crippen molar-refractivity contribution in [2.24, 2.45) is 5.92 Å². The molecule has 2 aliphatic rings. The molecule has 0 unspecified atom stereocenters. The number of rotatable bonds is 3. The Balaban J connectivity index is 1.79. The van der Waals surface area contributed by atoms with Crippen molar-refractivity contribution in [2.75, 3.05) is 0 Å². The summed E-state index contributed by atoms with van der Waals surface area (Å²) < 4.78 is 65.6. The minimum atomic E-state index is -4.67. The summed E-state index contributed by atoms with van der Waals surface area (Å²) in [5, 5.41) is 6.50. The summed E-state index contributed by atoms with van der Waals surface area (Å²) in [5.41, 5.74) is -0.388. The van der Waals surface area contributed by atoms with Crippen LogP contribution in [0.4, 0.5) is 13.2 Å². The summed E-state index contributed by atoms with van der Waals surface area (Å²) in [5.74, 6) is -0.392. The van der Waals surface area contributed by atoms with Crippen LogP contribution in [0.3, 0.4) is 0 Å². The number of hydrogen-bond donors (Lipinski definition) is 1. The molecule has 11 heteroatoms. The van der Waals surface area contributed by atoms with Crippen LogP contribution in [0, 0.1) is 5.92 Å². The highest BCUT2D eigenvalue weighted by molar-refractivity contribution is 7.89. The Hall–Kier alpha value is -2.27. The van der Waals surface area contributed by atoms with Gasteiger partial charge in [0.05, 0.1) is 18.3 Å². The van der Waals surface area contributed by atoms with Gasteiger partial charge in [0.2, 0.25) is 10.0 Å². The number of Topliss-reactive ketones (excluding diaryl/α,β-unsaturated/α-hetero) is 1. The summed E-state index contributed by atoms with van der Waals surface area (Å²) in [7, 11) is -4.24. The van der Waals surface area contributed by atoms with Gasteiger partial charge in [0.1, 0.15) is 16.3 Å². The monoisotopic (exact) mass is 400 g/mol. The molecule has 0 spiro atoms. The molecule has 0 amide bonds. The quantitative estimate of drug-likeness (QED) is 0.854. The van der Waals surface area contributed by atoms with E-state index in [1.165, 1.54) is 13.1 Å². The lowest BCUT2D eigenvalue weighted by Crippen LogP contribution is -2.49. The molecule has 2 aromatic heterocycles. The normalized spacial score (nSPS) is 24.1. The van der Waals surface area contributed by atoms with Gasteiger partial charge >= 0.3 is 6.18 Å². The molecule has 1 saturated carbocycles. The summed E-state index contributed by atoms with van der Waals surface area (Å²) in [6, 6.07) is -0.0924. The van der Waals surface area contributed by atoms with Crippen molar-refractivity contribution in [3.05, 3.63) is 41.5 Å². The first kappa shape index (κ1) is 18.1. The van der Waals surface area contributed by atoms with Crippen LogP contribution < -0.4 is 0 Å². The molecule has 1 aliphatic carbocycles. The van der Waals surface area contributed by atoms with Crippen LogP contribution in [0.2, 0.25) is 0 Å². The van der Waals surface area contributed by atoms with E-state index in [2.05, 4.69) is 15.2 Å². The molecule has 1 N–H and O–H groups in total. The Morgan fingerprint density at radius 1 is 1.22 bits per heavy atom. The summed E-state index contributed by atoms with van der Waals surface area (Å²) in [6.07, 6.45) is -0.945. The molecule has 1 aliphatic heterocycles. The highest BCUT2D eigenvalue weighted by Crippen LogP contribution is 2.50. The summed E-state index contributed by atoms with van der Waals surface area (Å²) >= 11 is 0. The van der Waals surface area contributed by atoms with E-state index in [9.17, 15) is 26.4 Å². The molecule has 2 aromatic rings. The number of pyridine rings is 1. The highest BCUT2D eigenvalue weighted by atomic mass is 32.2. The van der Waals surface area contributed by atoms with Gasteiger partial charge in [0.15, 0.2) is 5.78 Å². The zero-order valence-electron chi connectivity index (χ0n) is 14.1. The molecule has 27 heavy (non-hydrogen) atoms. The minimum absolute atomic E-state index is 0.0362. The van der Waals surface area contributed by atoms with Crippen LogP contribution in [0.15, 0.2) is 29.4 Å². The van der Waals surface area contributed by atoms with Crippen LogP contribution >= 0.6 is 0 Å². The predicted octanol–water partition coefficient (Wildman–Crippen LogP) is 2.55. The van der Waals surface area contributed by atoms with E-state index in [-0.39, 0.29) is 16.5 Å². The molecule has 144 valence electrons. The fourth-order valence-corrected chi connectivity index (χ4v) is 5.24. The van der Waals surface area contributed by atoms with Crippen molar-refractivity contribution >= 4 is 15.8 Å². The predicted molar refractivity (Wildman–Crippen MR) is 86.1 cm³/mol. The fourth-order valence-electron chi connectivity index (χ4n) is 3.47. The molecule has 2 atom stereocenters. The lowest BCUT2D eigenvalue weighted by Gasteiger charge is -2.38. The molecule has 0 saturated heterocycles. The second-order valence-electron chi connectivity index (χ2n) is 6.73. The Bertz CT molecular complexity index is 997. The van der Waals surface area contributed by atoms with Crippen LogP contribution in [-0.2, 0) is 16.2 Å². The SMILES string of the molecule is C[C@H]1C(=O)c2[nH]ncc2[C@@H](C2CC2)N1S(=O)(=O)c1ccc(C(F)(F)F)nc1. The van der Waals surface area contributed by atoms with Crippen LogP contribution in [0.1, 0.15) is 47.6 Å². The minimum Gasteiger partial charge on any atom is -0.291 e. The number of halogens is 3. The Morgan fingerprint density at radius 2 is 1.93 bits per heavy atom. The summed E-state index contributed by atoms with van der Waals surface area (Å²) in [6.45, 7) is 1.47. The fraction of sp³-hybridized carbons (Fsp3) is 0.438. The van der Waals surface area contributed by atoms with Gasteiger partial charge in [-0.2, -0.15) is 22.6 Å². The number of nitrogens with one attached hydrogen (secondary N) is 1. The van der Waals surface area contributed by atoms with E-state index in [4.69, 9.17) is 0 Å². The second kappa shape index (κ2) is 5.86. The van der Waals surface area contributed by atoms with E-state index < -0.39 is 39.8 Å². The lowest BCUT2D eigenvalue weighted by atomic mass is 9.93. The first-order chi connectivity index (χ1) is 12.6. The van der Waals surface area contributed by atoms with Gasteiger partial charge in [-0.1, -0.05) is 0 Å². The number of hydrogen-bond acceptors (Lipinski definition) is 5. The maximum absolute atomic E-state index is 13.2. The number of alkyl halides is 3. The maximum Gasteiger partial charge on any atom is 0.433 e. The van der Waals surface area contributed by atoms with Gasteiger partial charge in [-0.05, 0) is 37.8 Å². The molecule has 7 nitrogen and oxygen atoms in total.